The van der Waals surface area contributed by atoms with E-state index < -0.39 is 4.92 Å². The summed E-state index contributed by atoms with van der Waals surface area (Å²) in [5.74, 6) is 0. The van der Waals surface area contributed by atoms with E-state index in [1.807, 2.05) is 0 Å². The molecule has 8 heteroatoms. The number of hydrogen-bond donors (Lipinski definition) is 1. The quantitative estimate of drug-likeness (QED) is 0.680. The molecule has 94 valence electrons. The maximum atomic E-state index is 11.0. The Hall–Kier alpha value is -1.80. The highest BCUT2D eigenvalue weighted by atomic mass is 79.9. The Morgan fingerprint density at radius 2 is 2.28 bits per heavy atom. The first kappa shape index (κ1) is 12.7. The molecular formula is C10H10BrN5O2. The average molecular weight is 312 g/mol. The first-order valence-electron chi connectivity index (χ1n) is 5.17. The lowest BCUT2D eigenvalue weighted by Gasteiger charge is -2.02. The Labute approximate surface area is 111 Å². The van der Waals surface area contributed by atoms with E-state index in [-0.39, 0.29) is 5.69 Å². The van der Waals surface area contributed by atoms with Crippen LogP contribution in [0.4, 0.5) is 5.69 Å². The van der Waals surface area contributed by atoms with Gasteiger partial charge in [-0.2, -0.15) is 0 Å². The van der Waals surface area contributed by atoms with E-state index in [1.54, 1.807) is 18.3 Å². The SMILES string of the molecule is NCCc1cn(-c2ccc(Br)cc2[N+](=O)[O-])nn1. The number of benzene rings is 1. The minimum absolute atomic E-state index is 0.0337. The predicted molar refractivity (Wildman–Crippen MR) is 68.5 cm³/mol. The zero-order chi connectivity index (χ0) is 13.1. The molecule has 0 saturated heterocycles. The highest BCUT2D eigenvalue weighted by Crippen LogP contribution is 2.26. The lowest BCUT2D eigenvalue weighted by Crippen LogP contribution is -2.02. The Balaban J connectivity index is 2.45. The van der Waals surface area contributed by atoms with Crippen molar-refractivity contribution in [2.45, 2.75) is 6.42 Å². The molecule has 0 amide bonds. The third-order valence-corrected chi connectivity index (χ3v) is 2.82. The molecule has 1 aromatic carbocycles. The number of hydrogen-bond acceptors (Lipinski definition) is 5. The van der Waals surface area contributed by atoms with Gasteiger partial charge < -0.3 is 5.73 Å². The summed E-state index contributed by atoms with van der Waals surface area (Å²) in [6.45, 7) is 0.459. The second-order valence-electron chi connectivity index (χ2n) is 3.58. The molecule has 0 aliphatic heterocycles. The largest absolute Gasteiger partial charge is 0.330 e. The first-order valence-corrected chi connectivity index (χ1v) is 5.96. The molecule has 2 rings (SSSR count). The molecule has 0 saturated carbocycles. The van der Waals surface area contributed by atoms with Crippen molar-refractivity contribution in [2.75, 3.05) is 6.54 Å². The van der Waals surface area contributed by atoms with Gasteiger partial charge in [0, 0.05) is 17.0 Å². The third kappa shape index (κ3) is 2.54. The highest BCUT2D eigenvalue weighted by Gasteiger charge is 2.17. The van der Waals surface area contributed by atoms with Gasteiger partial charge in [-0.05, 0) is 18.7 Å². The van der Waals surface area contributed by atoms with Crippen molar-refractivity contribution in [3.63, 3.8) is 0 Å². The molecule has 1 heterocycles. The van der Waals surface area contributed by atoms with Crippen molar-refractivity contribution in [1.29, 1.82) is 0 Å². The number of halogens is 1. The number of rotatable bonds is 4. The van der Waals surface area contributed by atoms with Gasteiger partial charge in [0.2, 0.25) is 0 Å². The molecule has 0 bridgehead atoms. The summed E-state index contributed by atoms with van der Waals surface area (Å²) in [7, 11) is 0. The molecule has 18 heavy (non-hydrogen) atoms. The summed E-state index contributed by atoms with van der Waals surface area (Å²) in [5, 5.41) is 18.8. The van der Waals surface area contributed by atoms with Crippen molar-refractivity contribution in [3.8, 4) is 5.69 Å². The van der Waals surface area contributed by atoms with E-state index in [9.17, 15) is 10.1 Å². The fraction of sp³-hybridized carbons (Fsp3) is 0.200. The van der Waals surface area contributed by atoms with Crippen LogP contribution in [0.3, 0.4) is 0 Å². The fourth-order valence-corrected chi connectivity index (χ4v) is 1.86. The van der Waals surface area contributed by atoms with Gasteiger partial charge >= 0.3 is 0 Å². The monoisotopic (exact) mass is 311 g/mol. The van der Waals surface area contributed by atoms with Gasteiger partial charge in [-0.25, -0.2) is 4.68 Å². The van der Waals surface area contributed by atoms with Crippen molar-refractivity contribution in [3.05, 3.63) is 44.7 Å². The summed E-state index contributed by atoms with van der Waals surface area (Å²) >= 11 is 3.20. The van der Waals surface area contributed by atoms with Crippen LogP contribution in [0.2, 0.25) is 0 Å². The number of nitro benzene ring substituents is 1. The van der Waals surface area contributed by atoms with Crippen LogP contribution in [-0.2, 0) is 6.42 Å². The lowest BCUT2D eigenvalue weighted by molar-refractivity contribution is -0.384. The van der Waals surface area contributed by atoms with Crippen molar-refractivity contribution >= 4 is 21.6 Å². The molecular weight excluding hydrogens is 302 g/mol. The average Bonchev–Trinajstić information content (AvgIpc) is 2.78. The Morgan fingerprint density at radius 1 is 1.50 bits per heavy atom. The number of nitro groups is 1. The zero-order valence-electron chi connectivity index (χ0n) is 9.28. The second-order valence-corrected chi connectivity index (χ2v) is 4.50. The van der Waals surface area contributed by atoms with Crippen LogP contribution in [0.5, 0.6) is 0 Å². The summed E-state index contributed by atoms with van der Waals surface area (Å²) in [6.07, 6.45) is 2.23. The zero-order valence-corrected chi connectivity index (χ0v) is 10.9. The van der Waals surface area contributed by atoms with E-state index in [4.69, 9.17) is 5.73 Å². The van der Waals surface area contributed by atoms with Gasteiger partial charge in [0.25, 0.3) is 5.69 Å². The van der Waals surface area contributed by atoms with Crippen LogP contribution in [0, 0.1) is 10.1 Å². The number of nitrogens with two attached hydrogens (primary N) is 1. The van der Waals surface area contributed by atoms with Crippen molar-refractivity contribution < 1.29 is 4.92 Å². The van der Waals surface area contributed by atoms with Gasteiger partial charge in [0.15, 0.2) is 0 Å². The number of nitrogens with zero attached hydrogens (tertiary/aromatic N) is 4. The molecule has 2 aromatic rings. The Bertz CT molecular complexity index is 583. The molecule has 0 unspecified atom stereocenters. The topological polar surface area (TPSA) is 99.9 Å². The van der Waals surface area contributed by atoms with Crippen LogP contribution < -0.4 is 5.73 Å². The second kappa shape index (κ2) is 5.23. The molecule has 7 nitrogen and oxygen atoms in total. The standard InChI is InChI=1S/C10H10BrN5O2/c11-7-1-2-9(10(5-7)16(17)18)15-6-8(3-4-12)13-14-15/h1-2,5-6H,3-4,12H2. The molecule has 0 fully saturated rings. The summed E-state index contributed by atoms with van der Waals surface area (Å²) in [6, 6.07) is 4.76. The van der Waals surface area contributed by atoms with Crippen LogP contribution in [0.1, 0.15) is 5.69 Å². The van der Waals surface area contributed by atoms with Gasteiger partial charge in [0.05, 0.1) is 16.8 Å². The molecule has 0 aliphatic rings. The summed E-state index contributed by atoms with van der Waals surface area (Å²) in [4.78, 5) is 10.5. The predicted octanol–water partition coefficient (Wildman–Crippen LogP) is 1.44. The first-order chi connectivity index (χ1) is 8.61. The molecule has 1 aromatic heterocycles. The molecule has 2 N–H and O–H groups in total. The molecule has 0 spiro atoms. The lowest BCUT2D eigenvalue weighted by atomic mass is 10.2. The van der Waals surface area contributed by atoms with E-state index >= 15 is 0 Å². The maximum absolute atomic E-state index is 11.0. The fourth-order valence-electron chi connectivity index (χ4n) is 1.52. The van der Waals surface area contributed by atoms with Crippen LogP contribution in [0.25, 0.3) is 5.69 Å². The van der Waals surface area contributed by atoms with Crippen LogP contribution in [0.15, 0.2) is 28.9 Å². The van der Waals surface area contributed by atoms with Gasteiger partial charge in [0.1, 0.15) is 5.69 Å². The highest BCUT2D eigenvalue weighted by molar-refractivity contribution is 9.10. The summed E-state index contributed by atoms with van der Waals surface area (Å²) < 4.78 is 2.02. The normalized spacial score (nSPS) is 10.6. The van der Waals surface area contributed by atoms with Crippen molar-refractivity contribution in [1.82, 2.24) is 15.0 Å². The Kier molecular flexibility index (Phi) is 3.68. The van der Waals surface area contributed by atoms with E-state index in [0.29, 0.717) is 28.8 Å². The van der Waals surface area contributed by atoms with Gasteiger partial charge in [-0.1, -0.05) is 21.1 Å². The Morgan fingerprint density at radius 3 is 2.94 bits per heavy atom. The summed E-state index contributed by atoms with van der Waals surface area (Å²) in [5.41, 5.74) is 6.46. The van der Waals surface area contributed by atoms with Gasteiger partial charge in [-0.3, -0.25) is 10.1 Å². The molecule has 0 radical (unpaired) electrons. The van der Waals surface area contributed by atoms with Crippen LogP contribution >= 0.6 is 15.9 Å². The third-order valence-electron chi connectivity index (χ3n) is 2.32. The minimum atomic E-state index is -0.454. The van der Waals surface area contributed by atoms with E-state index in [1.165, 1.54) is 10.7 Å². The smallest absolute Gasteiger partial charge is 0.296 e. The van der Waals surface area contributed by atoms with E-state index in [0.717, 1.165) is 0 Å². The molecule has 0 aliphatic carbocycles. The van der Waals surface area contributed by atoms with E-state index in [2.05, 4.69) is 26.2 Å². The molecule has 0 atom stereocenters. The van der Waals surface area contributed by atoms with Crippen molar-refractivity contribution in [2.24, 2.45) is 5.73 Å². The minimum Gasteiger partial charge on any atom is -0.330 e. The maximum Gasteiger partial charge on any atom is 0.296 e. The number of aromatic nitrogens is 3. The van der Waals surface area contributed by atoms with Crippen LogP contribution in [-0.4, -0.2) is 26.5 Å². The van der Waals surface area contributed by atoms with Gasteiger partial charge in [-0.15, -0.1) is 5.10 Å².